The molecule has 0 heterocycles. The molecule has 0 fully saturated rings. The van der Waals surface area contributed by atoms with Gasteiger partial charge >= 0.3 is 11.9 Å². The molecule has 1 unspecified atom stereocenters. The molecule has 0 radical (unpaired) electrons. The molecule has 0 aromatic rings. The minimum Gasteiger partial charge on any atom is -0.481 e. The summed E-state index contributed by atoms with van der Waals surface area (Å²) in [7, 11) is 0. The topological polar surface area (TPSA) is 63.6 Å². The number of hydrogen-bond acceptors (Lipinski definition) is 3. The lowest BCUT2D eigenvalue weighted by Gasteiger charge is -2.18. The van der Waals surface area contributed by atoms with Crippen LogP contribution in [0.1, 0.15) is 213 Å². The van der Waals surface area contributed by atoms with Crippen molar-refractivity contribution in [3.05, 3.63) is 60.8 Å². The van der Waals surface area contributed by atoms with Gasteiger partial charge in [0, 0.05) is 12.8 Å². The Balaban J connectivity index is 4.03. The molecule has 0 aliphatic carbocycles. The number of carbonyl (C=O) groups is 2. The van der Waals surface area contributed by atoms with Crippen molar-refractivity contribution >= 4 is 11.9 Å². The maximum atomic E-state index is 12.7. The van der Waals surface area contributed by atoms with Crippen LogP contribution in [-0.2, 0) is 14.3 Å². The monoisotopic (exact) mass is 697 g/mol. The molecule has 0 aliphatic heterocycles. The van der Waals surface area contributed by atoms with Crippen LogP contribution in [0.5, 0.6) is 0 Å². The van der Waals surface area contributed by atoms with Gasteiger partial charge in [-0.3, -0.25) is 9.59 Å². The van der Waals surface area contributed by atoms with Crippen LogP contribution in [0, 0.1) is 0 Å². The Morgan fingerprint density at radius 1 is 0.460 bits per heavy atom. The van der Waals surface area contributed by atoms with Crippen molar-refractivity contribution < 1.29 is 19.4 Å². The molecule has 0 amide bonds. The van der Waals surface area contributed by atoms with Crippen molar-refractivity contribution in [2.75, 3.05) is 0 Å². The SMILES string of the molecule is CC/C=C\C/C=C\C/C=C\C/C=C\C/C=C\CCCCCCCC(=O)OC(CCCCCCCCCCCCC)CCCCCCCC(=O)O. The molecule has 0 aromatic heterocycles. The van der Waals surface area contributed by atoms with E-state index in [0.717, 1.165) is 103 Å². The third-order valence-corrected chi connectivity index (χ3v) is 9.25. The molecule has 0 aromatic carbocycles. The van der Waals surface area contributed by atoms with Gasteiger partial charge in [-0.15, -0.1) is 0 Å². The van der Waals surface area contributed by atoms with Gasteiger partial charge in [-0.25, -0.2) is 0 Å². The van der Waals surface area contributed by atoms with Gasteiger partial charge in [0.25, 0.3) is 0 Å². The Labute approximate surface area is 310 Å². The molecule has 0 spiro atoms. The highest BCUT2D eigenvalue weighted by molar-refractivity contribution is 5.69. The largest absolute Gasteiger partial charge is 0.481 e. The summed E-state index contributed by atoms with van der Waals surface area (Å²) in [4.78, 5) is 23.4. The van der Waals surface area contributed by atoms with Crippen molar-refractivity contribution in [3.63, 3.8) is 0 Å². The van der Waals surface area contributed by atoms with Crippen molar-refractivity contribution in [1.29, 1.82) is 0 Å². The van der Waals surface area contributed by atoms with Crippen molar-refractivity contribution in [1.82, 2.24) is 0 Å². The number of allylic oxidation sites excluding steroid dienone is 10. The van der Waals surface area contributed by atoms with E-state index < -0.39 is 5.97 Å². The Morgan fingerprint density at radius 3 is 1.30 bits per heavy atom. The second-order valence-electron chi connectivity index (χ2n) is 14.2. The third-order valence-electron chi connectivity index (χ3n) is 9.25. The lowest BCUT2D eigenvalue weighted by Crippen LogP contribution is -2.18. The summed E-state index contributed by atoms with van der Waals surface area (Å²) in [5, 5.41) is 8.83. The van der Waals surface area contributed by atoms with Gasteiger partial charge in [-0.1, -0.05) is 177 Å². The number of carboxylic acid groups (broad SMARTS) is 1. The molecule has 4 nitrogen and oxygen atoms in total. The second-order valence-corrected chi connectivity index (χ2v) is 14.2. The number of rotatable bonds is 38. The lowest BCUT2D eigenvalue weighted by atomic mass is 10.0. The summed E-state index contributed by atoms with van der Waals surface area (Å²) < 4.78 is 6.01. The number of carbonyl (C=O) groups excluding carboxylic acids is 1. The van der Waals surface area contributed by atoms with Gasteiger partial charge in [-0.2, -0.15) is 0 Å². The minimum absolute atomic E-state index is 0.0155. The van der Waals surface area contributed by atoms with E-state index in [4.69, 9.17) is 9.84 Å². The molecule has 0 aliphatic rings. The number of unbranched alkanes of at least 4 members (excludes halogenated alkanes) is 19. The fourth-order valence-corrected chi connectivity index (χ4v) is 6.15. The van der Waals surface area contributed by atoms with Crippen LogP contribution in [0.3, 0.4) is 0 Å². The van der Waals surface area contributed by atoms with E-state index in [1.54, 1.807) is 0 Å². The smallest absolute Gasteiger partial charge is 0.306 e. The highest BCUT2D eigenvalue weighted by Gasteiger charge is 2.14. The summed E-state index contributed by atoms with van der Waals surface area (Å²) in [6.07, 6.45) is 56.7. The normalized spacial score (nSPS) is 12.8. The highest BCUT2D eigenvalue weighted by Crippen LogP contribution is 2.19. The summed E-state index contributed by atoms with van der Waals surface area (Å²) in [6, 6.07) is 0. The Morgan fingerprint density at radius 2 is 0.840 bits per heavy atom. The lowest BCUT2D eigenvalue weighted by molar-refractivity contribution is -0.150. The quantitative estimate of drug-likeness (QED) is 0.0396. The van der Waals surface area contributed by atoms with Crippen LogP contribution in [0.15, 0.2) is 60.8 Å². The summed E-state index contributed by atoms with van der Waals surface area (Å²) in [6.45, 7) is 4.44. The summed E-state index contributed by atoms with van der Waals surface area (Å²) in [5.74, 6) is -0.719. The van der Waals surface area contributed by atoms with Gasteiger partial charge in [0.05, 0.1) is 0 Å². The van der Waals surface area contributed by atoms with E-state index in [2.05, 4.69) is 74.6 Å². The van der Waals surface area contributed by atoms with Crippen LogP contribution < -0.4 is 0 Å². The van der Waals surface area contributed by atoms with E-state index >= 15 is 0 Å². The standard InChI is InChI=1S/C46H80O4/c1-3-5-7-9-11-13-15-16-17-18-19-20-21-22-23-24-26-28-30-35-39-43-46(49)50-44(41-37-33-31-34-38-42-45(47)48)40-36-32-29-27-25-14-12-10-8-6-4-2/h5,7,11,13,16-17,19-20,22-23,44H,3-4,6,8-10,12,14-15,18,21,24-43H2,1-2H3,(H,47,48)/b7-5-,13-11-,17-16-,20-19-,23-22-. The first-order valence-electron chi connectivity index (χ1n) is 21.3. The zero-order valence-corrected chi connectivity index (χ0v) is 32.9. The van der Waals surface area contributed by atoms with Crippen LogP contribution in [0.2, 0.25) is 0 Å². The zero-order chi connectivity index (χ0) is 36.4. The van der Waals surface area contributed by atoms with Crippen molar-refractivity contribution in [3.8, 4) is 0 Å². The van der Waals surface area contributed by atoms with Crippen molar-refractivity contribution in [2.45, 2.75) is 219 Å². The molecule has 4 heteroatoms. The highest BCUT2D eigenvalue weighted by atomic mass is 16.5. The fourth-order valence-electron chi connectivity index (χ4n) is 6.15. The molecule has 0 bridgehead atoms. The average molecular weight is 697 g/mol. The molecule has 50 heavy (non-hydrogen) atoms. The van der Waals surface area contributed by atoms with E-state index in [-0.39, 0.29) is 18.5 Å². The number of aliphatic carboxylic acids is 1. The predicted molar refractivity (Wildman–Crippen MR) is 218 cm³/mol. The minimum atomic E-state index is -0.703. The van der Waals surface area contributed by atoms with E-state index in [9.17, 15) is 9.59 Å². The maximum Gasteiger partial charge on any atom is 0.306 e. The molecule has 288 valence electrons. The molecule has 1 N–H and O–H groups in total. The first-order chi connectivity index (χ1) is 24.6. The van der Waals surface area contributed by atoms with Gasteiger partial charge in [0.15, 0.2) is 0 Å². The van der Waals surface area contributed by atoms with E-state index in [1.807, 2.05) is 0 Å². The van der Waals surface area contributed by atoms with Crippen molar-refractivity contribution in [2.24, 2.45) is 0 Å². The van der Waals surface area contributed by atoms with Gasteiger partial charge in [0.1, 0.15) is 6.10 Å². The van der Waals surface area contributed by atoms with Gasteiger partial charge < -0.3 is 9.84 Å². The van der Waals surface area contributed by atoms with Crippen LogP contribution in [-0.4, -0.2) is 23.1 Å². The van der Waals surface area contributed by atoms with E-state index in [1.165, 1.54) is 83.5 Å². The molecule has 0 rings (SSSR count). The maximum absolute atomic E-state index is 12.7. The van der Waals surface area contributed by atoms with Crippen LogP contribution in [0.4, 0.5) is 0 Å². The van der Waals surface area contributed by atoms with Crippen LogP contribution in [0.25, 0.3) is 0 Å². The Hall–Kier alpha value is -2.36. The molecule has 0 saturated carbocycles. The number of ether oxygens (including phenoxy) is 1. The van der Waals surface area contributed by atoms with E-state index in [0.29, 0.717) is 6.42 Å². The first-order valence-corrected chi connectivity index (χ1v) is 21.3. The predicted octanol–water partition coefficient (Wildman–Crippen LogP) is 14.9. The fraction of sp³-hybridized carbons (Fsp3) is 0.739. The first kappa shape index (κ1) is 47.6. The molecule has 0 saturated heterocycles. The van der Waals surface area contributed by atoms with Crippen LogP contribution >= 0.6 is 0 Å². The van der Waals surface area contributed by atoms with Gasteiger partial charge in [0.2, 0.25) is 0 Å². The third kappa shape index (κ3) is 40.1. The number of esters is 1. The van der Waals surface area contributed by atoms with Gasteiger partial charge in [-0.05, 0) is 83.5 Å². The number of hydrogen-bond donors (Lipinski definition) is 1. The summed E-state index contributed by atoms with van der Waals surface area (Å²) >= 11 is 0. The molecule has 1 atom stereocenters. The Bertz CT molecular complexity index is 881. The Kier molecular flexibility index (Phi) is 39.1. The average Bonchev–Trinajstić information content (AvgIpc) is 3.10. The zero-order valence-electron chi connectivity index (χ0n) is 32.9. The molecular formula is C46H80O4. The number of carboxylic acids is 1. The second kappa shape index (κ2) is 41.1. The molecular weight excluding hydrogens is 617 g/mol. The summed E-state index contributed by atoms with van der Waals surface area (Å²) in [5.41, 5.74) is 0.